The fourth-order valence-electron chi connectivity index (χ4n) is 2.77. The standard InChI is InChI=1S/C22H25Cl2N5O2/c1-14-11-25-22(28-21(14)26-16-6-9-19(23)20(24)10-16)27-15-4-7-18(8-5-15)31-13-17(30)12-29(2)3/h4-11,17,30H,12-13H2,1-3H3,(H2,25,26,27,28). The van der Waals surface area contributed by atoms with Crippen LogP contribution in [0, 0.1) is 6.92 Å². The van der Waals surface area contributed by atoms with Crippen LogP contribution in [-0.4, -0.2) is 53.3 Å². The average Bonchev–Trinajstić information content (AvgIpc) is 2.72. The number of aliphatic hydroxyl groups excluding tert-OH is 1. The van der Waals surface area contributed by atoms with E-state index < -0.39 is 6.10 Å². The number of rotatable bonds is 9. The fraction of sp³-hybridized carbons (Fsp3) is 0.273. The fourth-order valence-corrected chi connectivity index (χ4v) is 3.07. The zero-order valence-corrected chi connectivity index (χ0v) is 19.1. The van der Waals surface area contributed by atoms with Crippen LogP contribution in [-0.2, 0) is 0 Å². The third-order valence-electron chi connectivity index (χ3n) is 4.28. The maximum atomic E-state index is 9.90. The Balaban J connectivity index is 1.63. The highest BCUT2D eigenvalue weighted by Gasteiger charge is 2.08. The summed E-state index contributed by atoms with van der Waals surface area (Å²) in [6, 6.07) is 12.7. The molecule has 0 radical (unpaired) electrons. The van der Waals surface area contributed by atoms with Crippen LogP contribution >= 0.6 is 23.2 Å². The highest BCUT2D eigenvalue weighted by atomic mass is 35.5. The zero-order chi connectivity index (χ0) is 22.4. The van der Waals surface area contributed by atoms with E-state index in [1.165, 1.54) is 0 Å². The first-order valence-corrected chi connectivity index (χ1v) is 10.4. The number of ether oxygens (including phenoxy) is 1. The molecule has 164 valence electrons. The number of aryl methyl sites for hydroxylation is 1. The molecule has 9 heteroatoms. The van der Waals surface area contributed by atoms with Crippen molar-refractivity contribution in [1.29, 1.82) is 0 Å². The first-order valence-electron chi connectivity index (χ1n) is 9.68. The maximum Gasteiger partial charge on any atom is 0.229 e. The van der Waals surface area contributed by atoms with Crippen molar-refractivity contribution in [2.45, 2.75) is 13.0 Å². The van der Waals surface area contributed by atoms with E-state index >= 15 is 0 Å². The Labute approximate surface area is 192 Å². The van der Waals surface area contributed by atoms with Crippen molar-refractivity contribution >= 4 is 46.3 Å². The summed E-state index contributed by atoms with van der Waals surface area (Å²) in [4.78, 5) is 10.8. The van der Waals surface area contributed by atoms with Crippen molar-refractivity contribution in [3.8, 4) is 5.75 Å². The van der Waals surface area contributed by atoms with Gasteiger partial charge >= 0.3 is 0 Å². The van der Waals surface area contributed by atoms with Gasteiger partial charge in [0.15, 0.2) is 0 Å². The van der Waals surface area contributed by atoms with Crippen molar-refractivity contribution < 1.29 is 9.84 Å². The molecule has 0 saturated carbocycles. The van der Waals surface area contributed by atoms with Gasteiger partial charge in [0.25, 0.3) is 0 Å². The summed E-state index contributed by atoms with van der Waals surface area (Å²) in [5.41, 5.74) is 2.47. The summed E-state index contributed by atoms with van der Waals surface area (Å²) in [6.07, 6.45) is 1.19. The van der Waals surface area contributed by atoms with Crippen LogP contribution in [0.15, 0.2) is 48.7 Å². The van der Waals surface area contributed by atoms with Crippen molar-refractivity contribution in [3.05, 3.63) is 64.3 Å². The summed E-state index contributed by atoms with van der Waals surface area (Å²) in [7, 11) is 3.81. The van der Waals surface area contributed by atoms with Crippen molar-refractivity contribution in [2.24, 2.45) is 0 Å². The van der Waals surface area contributed by atoms with Gasteiger partial charge in [-0.2, -0.15) is 4.98 Å². The topological polar surface area (TPSA) is 82.5 Å². The van der Waals surface area contributed by atoms with Crippen LogP contribution in [0.5, 0.6) is 5.75 Å². The number of hydrogen-bond acceptors (Lipinski definition) is 7. The first-order chi connectivity index (χ1) is 14.8. The normalized spacial score (nSPS) is 12.0. The molecule has 3 N–H and O–H groups in total. The number of hydrogen-bond donors (Lipinski definition) is 3. The minimum absolute atomic E-state index is 0.232. The van der Waals surface area contributed by atoms with E-state index in [1.54, 1.807) is 18.3 Å². The largest absolute Gasteiger partial charge is 0.491 e. The lowest BCUT2D eigenvalue weighted by Crippen LogP contribution is -2.30. The molecular formula is C22H25Cl2N5O2. The second-order valence-electron chi connectivity index (χ2n) is 7.36. The lowest BCUT2D eigenvalue weighted by Gasteiger charge is -2.16. The molecule has 0 aliphatic carbocycles. The minimum atomic E-state index is -0.546. The average molecular weight is 462 g/mol. The van der Waals surface area contributed by atoms with Crippen molar-refractivity contribution in [3.63, 3.8) is 0 Å². The zero-order valence-electron chi connectivity index (χ0n) is 17.6. The number of anilines is 4. The second-order valence-corrected chi connectivity index (χ2v) is 8.17. The molecule has 0 bridgehead atoms. The molecule has 0 saturated heterocycles. The predicted molar refractivity (Wildman–Crippen MR) is 126 cm³/mol. The molecular weight excluding hydrogens is 437 g/mol. The number of aromatic nitrogens is 2. The number of likely N-dealkylation sites (N-methyl/N-ethyl adjacent to an activating group) is 1. The molecule has 1 unspecified atom stereocenters. The van der Waals surface area contributed by atoms with Gasteiger partial charge in [0.2, 0.25) is 5.95 Å². The molecule has 1 aromatic heterocycles. The summed E-state index contributed by atoms with van der Waals surface area (Å²) >= 11 is 12.1. The summed E-state index contributed by atoms with van der Waals surface area (Å²) in [6.45, 7) is 2.69. The minimum Gasteiger partial charge on any atom is -0.491 e. The van der Waals surface area contributed by atoms with E-state index in [4.69, 9.17) is 27.9 Å². The quantitative estimate of drug-likeness (QED) is 0.418. The van der Waals surface area contributed by atoms with Gasteiger partial charge in [-0.1, -0.05) is 23.2 Å². The summed E-state index contributed by atoms with van der Waals surface area (Å²) in [5.74, 6) is 1.78. The second kappa shape index (κ2) is 10.6. The van der Waals surface area contributed by atoms with Gasteiger partial charge in [-0.25, -0.2) is 4.98 Å². The van der Waals surface area contributed by atoms with Crippen LogP contribution in [0.1, 0.15) is 5.56 Å². The Morgan fingerprint density at radius 2 is 1.74 bits per heavy atom. The molecule has 0 aliphatic heterocycles. The molecule has 0 spiro atoms. The Kier molecular flexibility index (Phi) is 7.92. The monoisotopic (exact) mass is 461 g/mol. The molecule has 1 heterocycles. The molecule has 3 aromatic rings. The predicted octanol–water partition coefficient (Wildman–Crippen LogP) is 4.88. The Morgan fingerprint density at radius 3 is 2.42 bits per heavy atom. The van der Waals surface area contributed by atoms with Crippen LogP contribution in [0.4, 0.5) is 23.1 Å². The van der Waals surface area contributed by atoms with Crippen LogP contribution in [0.2, 0.25) is 10.0 Å². The summed E-state index contributed by atoms with van der Waals surface area (Å²) < 4.78 is 5.63. The lowest BCUT2D eigenvalue weighted by atomic mass is 10.3. The number of halogens is 2. The first kappa shape index (κ1) is 23.1. The maximum absolute atomic E-state index is 9.90. The molecule has 1 atom stereocenters. The van der Waals surface area contributed by atoms with Gasteiger partial charge in [-0.05, 0) is 63.5 Å². The van der Waals surface area contributed by atoms with Crippen molar-refractivity contribution in [2.75, 3.05) is 37.9 Å². The number of nitrogens with one attached hydrogen (secondary N) is 2. The lowest BCUT2D eigenvalue weighted by molar-refractivity contribution is 0.0831. The third kappa shape index (κ3) is 6.97. The highest BCUT2D eigenvalue weighted by Crippen LogP contribution is 2.28. The highest BCUT2D eigenvalue weighted by molar-refractivity contribution is 6.42. The Bertz CT molecular complexity index is 1020. The Morgan fingerprint density at radius 1 is 1.03 bits per heavy atom. The van der Waals surface area contributed by atoms with Gasteiger partial charge < -0.3 is 25.4 Å². The van der Waals surface area contributed by atoms with E-state index in [0.29, 0.717) is 34.1 Å². The van der Waals surface area contributed by atoms with Gasteiger partial charge in [0.05, 0.1) is 10.0 Å². The molecule has 0 aliphatic rings. The molecule has 2 aromatic carbocycles. The number of aliphatic hydroxyl groups is 1. The van der Waals surface area contributed by atoms with E-state index in [0.717, 1.165) is 16.9 Å². The van der Waals surface area contributed by atoms with Gasteiger partial charge in [0.1, 0.15) is 24.3 Å². The van der Waals surface area contributed by atoms with E-state index in [2.05, 4.69) is 20.6 Å². The Hall–Kier alpha value is -2.58. The van der Waals surface area contributed by atoms with Crippen LogP contribution in [0.25, 0.3) is 0 Å². The smallest absolute Gasteiger partial charge is 0.229 e. The molecule has 0 amide bonds. The third-order valence-corrected chi connectivity index (χ3v) is 5.02. The summed E-state index contributed by atoms with van der Waals surface area (Å²) in [5, 5.41) is 17.3. The number of benzene rings is 2. The van der Waals surface area contributed by atoms with Crippen LogP contribution < -0.4 is 15.4 Å². The SMILES string of the molecule is Cc1cnc(Nc2ccc(OCC(O)CN(C)C)cc2)nc1Nc1ccc(Cl)c(Cl)c1. The molecule has 0 fully saturated rings. The molecule has 3 rings (SSSR count). The van der Waals surface area contributed by atoms with E-state index in [-0.39, 0.29) is 6.61 Å². The van der Waals surface area contributed by atoms with Gasteiger partial charge in [0, 0.05) is 29.7 Å². The van der Waals surface area contributed by atoms with E-state index in [9.17, 15) is 5.11 Å². The van der Waals surface area contributed by atoms with Crippen molar-refractivity contribution in [1.82, 2.24) is 14.9 Å². The van der Waals surface area contributed by atoms with Crippen LogP contribution in [0.3, 0.4) is 0 Å². The van der Waals surface area contributed by atoms with Gasteiger partial charge in [-0.15, -0.1) is 0 Å². The molecule has 7 nitrogen and oxygen atoms in total. The van der Waals surface area contributed by atoms with E-state index in [1.807, 2.05) is 56.3 Å². The van der Waals surface area contributed by atoms with Gasteiger partial charge in [-0.3, -0.25) is 0 Å². The molecule has 31 heavy (non-hydrogen) atoms. The number of nitrogens with zero attached hydrogens (tertiary/aromatic N) is 3.